The molecule has 0 aliphatic heterocycles. The number of ether oxygens (including phenoxy) is 1. The molecular weight excluding hydrogens is 263 g/mol. The highest BCUT2D eigenvalue weighted by atomic mass is 35.5. The maximum absolute atomic E-state index is 11.0. The summed E-state index contributed by atoms with van der Waals surface area (Å²) >= 11 is 11.9. The zero-order chi connectivity index (χ0) is 13.0. The molecule has 3 N–H and O–H groups in total. The summed E-state index contributed by atoms with van der Waals surface area (Å²) < 4.78 is 5.44. The molecule has 0 saturated carbocycles. The van der Waals surface area contributed by atoms with Crippen LogP contribution in [0.3, 0.4) is 0 Å². The van der Waals surface area contributed by atoms with Gasteiger partial charge in [-0.2, -0.15) is 0 Å². The highest BCUT2D eigenvalue weighted by Crippen LogP contribution is 2.33. The molecule has 0 spiro atoms. The summed E-state index contributed by atoms with van der Waals surface area (Å²) in [4.78, 5) is 11.0. The van der Waals surface area contributed by atoms with Gasteiger partial charge in [-0.05, 0) is 26.1 Å². The minimum atomic E-state index is -0.746. The molecule has 17 heavy (non-hydrogen) atoms. The number of benzene rings is 1. The first-order valence-corrected chi connectivity index (χ1v) is 5.79. The van der Waals surface area contributed by atoms with Gasteiger partial charge in [0, 0.05) is 17.1 Å². The third kappa shape index (κ3) is 3.77. The van der Waals surface area contributed by atoms with E-state index >= 15 is 0 Å². The van der Waals surface area contributed by atoms with Gasteiger partial charge in [0.05, 0.1) is 5.02 Å². The largest absolute Gasteiger partial charge is 0.479 e. The predicted octanol–water partition coefficient (Wildman–Crippen LogP) is 1.97. The van der Waals surface area contributed by atoms with Crippen LogP contribution in [-0.2, 0) is 11.3 Å². The molecule has 1 aromatic rings. The van der Waals surface area contributed by atoms with E-state index < -0.39 is 12.0 Å². The van der Waals surface area contributed by atoms with Crippen LogP contribution in [0.1, 0.15) is 12.5 Å². The summed E-state index contributed by atoms with van der Waals surface area (Å²) in [6.45, 7) is 2.09. The molecule has 0 radical (unpaired) electrons. The third-order valence-electron chi connectivity index (χ3n) is 2.15. The van der Waals surface area contributed by atoms with Gasteiger partial charge in [0.2, 0.25) is 0 Å². The fourth-order valence-electron chi connectivity index (χ4n) is 1.30. The molecule has 0 saturated heterocycles. The van der Waals surface area contributed by atoms with Gasteiger partial charge in [0.1, 0.15) is 5.75 Å². The van der Waals surface area contributed by atoms with E-state index in [0.29, 0.717) is 22.3 Å². The second-order valence-corrected chi connectivity index (χ2v) is 4.41. The lowest BCUT2D eigenvalue weighted by atomic mass is 10.2. The Morgan fingerprint density at radius 3 is 2.71 bits per heavy atom. The molecule has 0 aliphatic carbocycles. The highest BCUT2D eigenvalue weighted by Gasteiger charge is 2.16. The van der Waals surface area contributed by atoms with Gasteiger partial charge in [-0.15, -0.1) is 0 Å². The number of carbonyl (C=O) groups excluding carboxylic acids is 1. The van der Waals surface area contributed by atoms with Crippen molar-refractivity contribution in [1.29, 1.82) is 0 Å². The lowest BCUT2D eigenvalue weighted by molar-refractivity contribution is -0.123. The van der Waals surface area contributed by atoms with E-state index in [2.05, 4.69) is 5.32 Å². The van der Waals surface area contributed by atoms with Crippen LogP contribution in [0.15, 0.2) is 12.1 Å². The van der Waals surface area contributed by atoms with Gasteiger partial charge < -0.3 is 15.8 Å². The highest BCUT2D eigenvalue weighted by molar-refractivity contribution is 6.35. The Morgan fingerprint density at radius 1 is 1.53 bits per heavy atom. The standard InChI is InChI=1S/C11H14Cl2N2O2/c1-6(11(14)16)17-10-7(5-15-2)3-8(12)4-9(10)13/h3-4,6,15H,5H2,1-2H3,(H2,14,16). The van der Waals surface area contributed by atoms with E-state index in [9.17, 15) is 4.79 Å². The van der Waals surface area contributed by atoms with E-state index in [0.717, 1.165) is 5.56 Å². The number of hydrogen-bond acceptors (Lipinski definition) is 3. The van der Waals surface area contributed by atoms with Crippen molar-refractivity contribution in [2.24, 2.45) is 5.73 Å². The Hall–Kier alpha value is -0.970. The minimum absolute atomic E-state index is 0.357. The monoisotopic (exact) mass is 276 g/mol. The fraction of sp³-hybridized carbons (Fsp3) is 0.364. The van der Waals surface area contributed by atoms with E-state index in [1.165, 1.54) is 0 Å². The summed E-state index contributed by atoms with van der Waals surface area (Å²) in [5, 5.41) is 3.84. The SMILES string of the molecule is CNCc1cc(Cl)cc(Cl)c1OC(C)C(N)=O. The van der Waals surface area contributed by atoms with Gasteiger partial charge >= 0.3 is 0 Å². The minimum Gasteiger partial charge on any atom is -0.479 e. The first-order valence-electron chi connectivity index (χ1n) is 5.04. The van der Waals surface area contributed by atoms with Crippen LogP contribution in [0.25, 0.3) is 0 Å². The van der Waals surface area contributed by atoms with Crippen LogP contribution in [-0.4, -0.2) is 19.1 Å². The number of hydrogen-bond donors (Lipinski definition) is 2. The summed E-state index contributed by atoms with van der Waals surface area (Å²) in [7, 11) is 1.79. The number of primary amides is 1. The van der Waals surface area contributed by atoms with Crippen molar-refractivity contribution in [3.8, 4) is 5.75 Å². The van der Waals surface area contributed by atoms with Crippen molar-refractivity contribution >= 4 is 29.1 Å². The van der Waals surface area contributed by atoms with Gasteiger partial charge in [-0.1, -0.05) is 23.2 Å². The van der Waals surface area contributed by atoms with Gasteiger partial charge in [-0.25, -0.2) is 0 Å². The van der Waals surface area contributed by atoms with E-state index in [1.807, 2.05) is 0 Å². The van der Waals surface area contributed by atoms with Crippen LogP contribution >= 0.6 is 23.2 Å². The second kappa shape index (κ2) is 6.10. The lowest BCUT2D eigenvalue weighted by Crippen LogP contribution is -2.31. The van der Waals surface area contributed by atoms with Crippen LogP contribution in [0.2, 0.25) is 10.0 Å². The Labute approximate surface area is 110 Å². The maximum Gasteiger partial charge on any atom is 0.258 e. The first kappa shape index (κ1) is 14.1. The molecule has 1 rings (SSSR count). The molecule has 0 aromatic heterocycles. The van der Waals surface area contributed by atoms with Crippen molar-refractivity contribution in [2.45, 2.75) is 19.6 Å². The van der Waals surface area contributed by atoms with Crippen molar-refractivity contribution in [1.82, 2.24) is 5.32 Å². The molecular formula is C11H14Cl2N2O2. The van der Waals surface area contributed by atoms with Crippen molar-refractivity contribution in [2.75, 3.05) is 7.05 Å². The molecule has 1 aromatic carbocycles. The Bertz CT molecular complexity index is 424. The molecule has 0 bridgehead atoms. The predicted molar refractivity (Wildman–Crippen MR) is 68.5 cm³/mol. The van der Waals surface area contributed by atoms with Gasteiger partial charge in [0.15, 0.2) is 6.10 Å². The maximum atomic E-state index is 11.0. The fourth-order valence-corrected chi connectivity index (χ4v) is 1.88. The van der Waals surface area contributed by atoms with E-state index in [1.54, 1.807) is 26.1 Å². The normalized spacial score (nSPS) is 12.2. The number of nitrogens with one attached hydrogen (secondary N) is 1. The first-order chi connectivity index (χ1) is 7.95. The summed E-state index contributed by atoms with van der Waals surface area (Å²) in [6.07, 6.45) is -0.746. The molecule has 1 unspecified atom stereocenters. The number of rotatable bonds is 5. The van der Waals surface area contributed by atoms with Crippen LogP contribution in [0.4, 0.5) is 0 Å². The zero-order valence-corrected chi connectivity index (χ0v) is 11.1. The van der Waals surface area contributed by atoms with Crippen LogP contribution in [0.5, 0.6) is 5.75 Å². The summed E-state index contributed by atoms with van der Waals surface area (Å²) in [5.41, 5.74) is 5.92. The Morgan fingerprint density at radius 2 is 2.18 bits per heavy atom. The summed E-state index contributed by atoms with van der Waals surface area (Å²) in [5.74, 6) is -0.122. The van der Waals surface area contributed by atoms with Crippen molar-refractivity contribution in [3.63, 3.8) is 0 Å². The number of carbonyl (C=O) groups is 1. The number of nitrogens with two attached hydrogens (primary N) is 1. The second-order valence-electron chi connectivity index (χ2n) is 3.57. The topological polar surface area (TPSA) is 64.3 Å². The average molecular weight is 277 g/mol. The average Bonchev–Trinajstić information content (AvgIpc) is 2.23. The van der Waals surface area contributed by atoms with Crippen LogP contribution < -0.4 is 15.8 Å². The van der Waals surface area contributed by atoms with Crippen molar-refractivity contribution in [3.05, 3.63) is 27.7 Å². The van der Waals surface area contributed by atoms with E-state index in [4.69, 9.17) is 33.7 Å². The molecule has 4 nitrogen and oxygen atoms in total. The van der Waals surface area contributed by atoms with Crippen LogP contribution in [0, 0.1) is 0 Å². The Kier molecular flexibility index (Phi) is 5.05. The third-order valence-corrected chi connectivity index (χ3v) is 2.65. The van der Waals surface area contributed by atoms with Crippen molar-refractivity contribution < 1.29 is 9.53 Å². The number of halogens is 2. The molecule has 1 amide bonds. The zero-order valence-electron chi connectivity index (χ0n) is 9.59. The smallest absolute Gasteiger partial charge is 0.258 e. The molecule has 0 heterocycles. The Balaban J connectivity index is 3.07. The lowest BCUT2D eigenvalue weighted by Gasteiger charge is -2.16. The molecule has 6 heteroatoms. The quantitative estimate of drug-likeness (QED) is 0.864. The molecule has 1 atom stereocenters. The summed E-state index contributed by atoms with van der Waals surface area (Å²) in [6, 6.07) is 3.29. The van der Waals surface area contributed by atoms with E-state index in [-0.39, 0.29) is 0 Å². The molecule has 0 aliphatic rings. The molecule has 0 fully saturated rings. The van der Waals surface area contributed by atoms with Gasteiger partial charge in [-0.3, -0.25) is 4.79 Å². The molecule has 94 valence electrons. The van der Waals surface area contributed by atoms with Gasteiger partial charge in [0.25, 0.3) is 5.91 Å². The number of amides is 1.